The molecule has 0 radical (unpaired) electrons. The number of H-pyrrole nitrogens is 1. The van der Waals surface area contributed by atoms with Gasteiger partial charge < -0.3 is 10.5 Å². The van der Waals surface area contributed by atoms with Crippen molar-refractivity contribution in [2.75, 3.05) is 12.3 Å². The van der Waals surface area contributed by atoms with Crippen LogP contribution in [0.15, 0.2) is 18.2 Å². The number of hydrogen-bond donors (Lipinski definition) is 2. The first-order chi connectivity index (χ1) is 9.19. The van der Waals surface area contributed by atoms with Crippen LogP contribution in [0.1, 0.15) is 12.6 Å². The van der Waals surface area contributed by atoms with Gasteiger partial charge in [0.05, 0.1) is 22.4 Å². The quantitative estimate of drug-likeness (QED) is 0.769. The van der Waals surface area contributed by atoms with E-state index in [0.717, 1.165) is 32.2 Å². The maximum Gasteiger partial charge on any atom is 0.155 e. The van der Waals surface area contributed by atoms with E-state index in [2.05, 4.69) is 15.2 Å². The summed E-state index contributed by atoms with van der Waals surface area (Å²) in [5.74, 6) is 1.35. The number of nitrogens with zero attached hydrogens (tertiary/aromatic N) is 2. The van der Waals surface area contributed by atoms with Crippen LogP contribution in [0.5, 0.6) is 5.75 Å². The number of aryl methyl sites for hydroxylation is 1. The molecule has 3 N–H and O–H groups in total. The lowest BCUT2D eigenvalue weighted by Gasteiger charge is -2.00. The number of nitrogens with two attached hydrogens (primary N) is 1. The average molecular weight is 274 g/mol. The Balaban J connectivity index is 2.11. The van der Waals surface area contributed by atoms with E-state index in [4.69, 9.17) is 10.5 Å². The lowest BCUT2D eigenvalue weighted by Crippen LogP contribution is -1.90. The van der Waals surface area contributed by atoms with Crippen LogP contribution in [-0.4, -0.2) is 21.8 Å². The largest absolute Gasteiger partial charge is 0.494 e. The Bertz CT molecular complexity index is 712. The van der Waals surface area contributed by atoms with Crippen molar-refractivity contribution < 1.29 is 4.74 Å². The molecule has 3 aromatic rings. The molecule has 2 aromatic heterocycles. The van der Waals surface area contributed by atoms with Crippen molar-refractivity contribution in [2.24, 2.45) is 0 Å². The highest BCUT2D eigenvalue weighted by atomic mass is 32.1. The van der Waals surface area contributed by atoms with Crippen LogP contribution < -0.4 is 10.5 Å². The lowest BCUT2D eigenvalue weighted by atomic mass is 10.2. The third-order valence-corrected chi connectivity index (χ3v) is 3.90. The fourth-order valence-corrected chi connectivity index (χ4v) is 3.09. The summed E-state index contributed by atoms with van der Waals surface area (Å²) in [4.78, 5) is 4.60. The normalized spacial score (nSPS) is 11.1. The molecule has 0 saturated heterocycles. The molecule has 0 aliphatic heterocycles. The second kappa shape index (κ2) is 4.55. The van der Waals surface area contributed by atoms with Crippen molar-refractivity contribution in [3.63, 3.8) is 0 Å². The van der Waals surface area contributed by atoms with Gasteiger partial charge in [0.2, 0.25) is 0 Å². The number of fused-ring (bicyclic) bond motifs is 1. The molecule has 0 fully saturated rings. The van der Waals surface area contributed by atoms with Crippen LogP contribution in [0, 0.1) is 6.92 Å². The van der Waals surface area contributed by atoms with Crippen LogP contribution >= 0.6 is 11.3 Å². The first-order valence-corrected chi connectivity index (χ1v) is 6.85. The number of aromatic nitrogens is 3. The van der Waals surface area contributed by atoms with E-state index in [1.807, 2.05) is 32.0 Å². The van der Waals surface area contributed by atoms with Gasteiger partial charge in [-0.15, -0.1) is 11.3 Å². The molecule has 0 atom stereocenters. The number of rotatable bonds is 3. The topological polar surface area (TPSA) is 76.8 Å². The number of thiazole rings is 1. The number of aromatic amines is 1. The summed E-state index contributed by atoms with van der Waals surface area (Å²) in [6.45, 7) is 4.57. The summed E-state index contributed by atoms with van der Waals surface area (Å²) in [5, 5.41) is 7.76. The standard InChI is InChI=1S/C13H14N4OS/c1-3-18-8-4-5-9-10(6-8)19-13(15-9)11-7(2)16-17-12(11)14/h4-6H,3H2,1-2H3,(H3,14,16,17). The number of ether oxygens (including phenoxy) is 1. The van der Waals surface area contributed by atoms with Gasteiger partial charge in [-0.05, 0) is 32.0 Å². The minimum Gasteiger partial charge on any atom is -0.494 e. The van der Waals surface area contributed by atoms with E-state index in [1.165, 1.54) is 0 Å². The summed E-state index contributed by atoms with van der Waals surface area (Å²) in [6, 6.07) is 5.90. The molecule has 0 aliphatic rings. The van der Waals surface area contributed by atoms with Crippen LogP contribution in [0.4, 0.5) is 5.82 Å². The minimum atomic E-state index is 0.488. The molecule has 0 unspecified atom stereocenters. The molecule has 3 rings (SSSR count). The van der Waals surface area contributed by atoms with E-state index in [-0.39, 0.29) is 0 Å². The van der Waals surface area contributed by atoms with Gasteiger partial charge in [0.15, 0.2) is 5.82 Å². The average Bonchev–Trinajstić information content (AvgIpc) is 2.92. The fraction of sp³-hybridized carbons (Fsp3) is 0.231. The molecule has 6 heteroatoms. The first-order valence-electron chi connectivity index (χ1n) is 6.03. The zero-order valence-electron chi connectivity index (χ0n) is 10.7. The molecule has 1 aromatic carbocycles. The molecule has 2 heterocycles. The summed E-state index contributed by atoms with van der Waals surface area (Å²) < 4.78 is 6.58. The monoisotopic (exact) mass is 274 g/mol. The molecule has 0 amide bonds. The van der Waals surface area contributed by atoms with Crippen LogP contribution in [0.2, 0.25) is 0 Å². The van der Waals surface area contributed by atoms with Gasteiger partial charge >= 0.3 is 0 Å². The molecule has 5 nitrogen and oxygen atoms in total. The Hall–Kier alpha value is -2.08. The summed E-state index contributed by atoms with van der Waals surface area (Å²) >= 11 is 1.59. The van der Waals surface area contributed by atoms with Crippen molar-refractivity contribution in [1.82, 2.24) is 15.2 Å². The van der Waals surface area contributed by atoms with Crippen LogP contribution in [0.25, 0.3) is 20.8 Å². The summed E-state index contributed by atoms with van der Waals surface area (Å²) in [5.41, 5.74) is 8.64. The highest BCUT2D eigenvalue weighted by Crippen LogP contribution is 2.35. The smallest absolute Gasteiger partial charge is 0.155 e. The molecular weight excluding hydrogens is 260 g/mol. The number of benzene rings is 1. The Morgan fingerprint density at radius 2 is 2.26 bits per heavy atom. The number of anilines is 1. The predicted octanol–water partition coefficient (Wildman–Crippen LogP) is 2.98. The second-order valence-corrected chi connectivity index (χ2v) is 5.22. The Morgan fingerprint density at radius 3 is 2.95 bits per heavy atom. The Labute approximate surface area is 114 Å². The lowest BCUT2D eigenvalue weighted by molar-refractivity contribution is 0.341. The van der Waals surface area contributed by atoms with Crippen LogP contribution in [0.3, 0.4) is 0 Å². The number of nitrogen functional groups attached to an aromatic ring is 1. The van der Waals surface area contributed by atoms with Crippen molar-refractivity contribution in [3.8, 4) is 16.3 Å². The summed E-state index contributed by atoms with van der Waals surface area (Å²) in [6.07, 6.45) is 0. The van der Waals surface area contributed by atoms with E-state index >= 15 is 0 Å². The van der Waals surface area contributed by atoms with E-state index in [0.29, 0.717) is 12.4 Å². The highest BCUT2D eigenvalue weighted by molar-refractivity contribution is 7.21. The van der Waals surface area contributed by atoms with Crippen LogP contribution in [-0.2, 0) is 0 Å². The van der Waals surface area contributed by atoms with Gasteiger partial charge in [0.1, 0.15) is 10.8 Å². The number of hydrogen-bond acceptors (Lipinski definition) is 5. The molecule has 0 spiro atoms. The van der Waals surface area contributed by atoms with Crippen molar-refractivity contribution >= 4 is 27.4 Å². The Kier molecular flexibility index (Phi) is 2.87. The van der Waals surface area contributed by atoms with Crippen molar-refractivity contribution in [1.29, 1.82) is 0 Å². The molecule has 98 valence electrons. The molecule has 19 heavy (non-hydrogen) atoms. The van der Waals surface area contributed by atoms with E-state index in [9.17, 15) is 0 Å². The minimum absolute atomic E-state index is 0.488. The fourth-order valence-electron chi connectivity index (χ4n) is 1.99. The highest BCUT2D eigenvalue weighted by Gasteiger charge is 2.14. The van der Waals surface area contributed by atoms with Gasteiger partial charge in [-0.25, -0.2) is 4.98 Å². The SMILES string of the molecule is CCOc1ccc2nc(-c3c(N)n[nH]c3C)sc2c1. The maximum atomic E-state index is 5.87. The molecule has 0 aliphatic carbocycles. The third kappa shape index (κ3) is 2.04. The van der Waals surface area contributed by atoms with Gasteiger partial charge in [0, 0.05) is 5.69 Å². The molecular formula is C13H14N4OS. The van der Waals surface area contributed by atoms with E-state index < -0.39 is 0 Å². The summed E-state index contributed by atoms with van der Waals surface area (Å²) in [7, 11) is 0. The van der Waals surface area contributed by atoms with Gasteiger partial charge in [-0.1, -0.05) is 0 Å². The zero-order valence-corrected chi connectivity index (χ0v) is 11.5. The number of nitrogens with one attached hydrogen (secondary N) is 1. The van der Waals surface area contributed by atoms with E-state index in [1.54, 1.807) is 11.3 Å². The molecule has 0 bridgehead atoms. The van der Waals surface area contributed by atoms with Gasteiger partial charge in [0.25, 0.3) is 0 Å². The maximum absolute atomic E-state index is 5.87. The first kappa shape index (κ1) is 12.0. The zero-order chi connectivity index (χ0) is 13.4. The van der Waals surface area contributed by atoms with Gasteiger partial charge in [-0.2, -0.15) is 5.10 Å². The molecule has 0 saturated carbocycles. The third-order valence-electron chi connectivity index (χ3n) is 2.86. The van der Waals surface area contributed by atoms with Gasteiger partial charge in [-0.3, -0.25) is 5.10 Å². The Morgan fingerprint density at radius 1 is 1.42 bits per heavy atom. The predicted molar refractivity (Wildman–Crippen MR) is 77.5 cm³/mol. The second-order valence-electron chi connectivity index (χ2n) is 4.19. The van der Waals surface area contributed by atoms with Crippen molar-refractivity contribution in [2.45, 2.75) is 13.8 Å². The van der Waals surface area contributed by atoms with Crippen molar-refractivity contribution in [3.05, 3.63) is 23.9 Å².